The van der Waals surface area contributed by atoms with E-state index in [1.807, 2.05) is 6.07 Å². The minimum Gasteiger partial charge on any atom is -0.492 e. The van der Waals surface area contributed by atoms with Gasteiger partial charge in [0, 0.05) is 11.0 Å². The van der Waals surface area contributed by atoms with E-state index in [2.05, 4.69) is 55.5 Å². The minimum atomic E-state index is 0.109. The molecule has 2 aromatic carbocycles. The second kappa shape index (κ2) is 3.92. The predicted octanol–water partition coefficient (Wildman–Crippen LogP) is 3.58. The molecule has 1 heteroatoms. The van der Waals surface area contributed by atoms with Crippen molar-refractivity contribution >= 4 is 0 Å². The van der Waals surface area contributed by atoms with Crippen LogP contribution in [-0.2, 0) is 11.8 Å². The summed E-state index contributed by atoms with van der Waals surface area (Å²) in [5.41, 5.74) is 2.82. The lowest BCUT2D eigenvalue weighted by molar-refractivity contribution is 0.277. The Labute approximate surface area is 102 Å². The number of rotatable bonds is 2. The van der Waals surface area contributed by atoms with E-state index in [1.54, 1.807) is 0 Å². The van der Waals surface area contributed by atoms with Crippen LogP contribution in [0.25, 0.3) is 0 Å². The van der Waals surface area contributed by atoms with Gasteiger partial charge in [0.15, 0.2) is 0 Å². The molecule has 1 aliphatic heterocycles. The maximum atomic E-state index is 5.79. The minimum absolute atomic E-state index is 0.109. The SMILES string of the molecule is CC1(Cc2ccccc2)COc2ccccc21. The van der Waals surface area contributed by atoms with Crippen LogP contribution in [0.4, 0.5) is 0 Å². The first-order valence-corrected chi connectivity index (χ1v) is 6.04. The third kappa shape index (κ3) is 1.82. The van der Waals surface area contributed by atoms with Crippen LogP contribution < -0.4 is 4.74 Å². The van der Waals surface area contributed by atoms with Crippen molar-refractivity contribution in [2.24, 2.45) is 0 Å². The van der Waals surface area contributed by atoms with Gasteiger partial charge >= 0.3 is 0 Å². The molecule has 1 heterocycles. The van der Waals surface area contributed by atoms with Gasteiger partial charge in [-0.25, -0.2) is 0 Å². The summed E-state index contributed by atoms with van der Waals surface area (Å²) >= 11 is 0. The monoisotopic (exact) mass is 224 g/mol. The zero-order chi connectivity index (χ0) is 11.7. The molecule has 17 heavy (non-hydrogen) atoms. The molecule has 0 bridgehead atoms. The van der Waals surface area contributed by atoms with Crippen molar-refractivity contribution in [3.05, 3.63) is 65.7 Å². The number of hydrogen-bond donors (Lipinski definition) is 0. The number of fused-ring (bicyclic) bond motifs is 1. The van der Waals surface area contributed by atoms with Crippen molar-refractivity contribution in [1.82, 2.24) is 0 Å². The fraction of sp³-hybridized carbons (Fsp3) is 0.250. The average molecular weight is 224 g/mol. The Hall–Kier alpha value is -1.76. The molecule has 0 saturated carbocycles. The molecule has 0 saturated heterocycles. The molecule has 0 radical (unpaired) electrons. The maximum absolute atomic E-state index is 5.79. The molecular formula is C16H16O. The lowest BCUT2D eigenvalue weighted by Crippen LogP contribution is -2.26. The van der Waals surface area contributed by atoms with Gasteiger partial charge < -0.3 is 4.74 Å². The van der Waals surface area contributed by atoms with E-state index in [0.717, 1.165) is 18.8 Å². The normalized spacial score (nSPS) is 21.9. The number of hydrogen-bond acceptors (Lipinski definition) is 1. The molecule has 1 unspecified atom stereocenters. The van der Waals surface area contributed by atoms with Crippen LogP contribution in [0.5, 0.6) is 5.75 Å². The summed E-state index contributed by atoms with van der Waals surface area (Å²) in [5, 5.41) is 0. The lowest BCUT2D eigenvalue weighted by Gasteiger charge is -2.22. The molecule has 1 atom stereocenters. The second-order valence-electron chi connectivity index (χ2n) is 5.01. The smallest absolute Gasteiger partial charge is 0.123 e. The van der Waals surface area contributed by atoms with E-state index in [-0.39, 0.29) is 5.41 Å². The topological polar surface area (TPSA) is 9.23 Å². The Balaban J connectivity index is 1.94. The lowest BCUT2D eigenvalue weighted by atomic mass is 9.79. The van der Waals surface area contributed by atoms with Crippen LogP contribution in [0.2, 0.25) is 0 Å². The van der Waals surface area contributed by atoms with E-state index >= 15 is 0 Å². The van der Waals surface area contributed by atoms with E-state index < -0.39 is 0 Å². The molecule has 86 valence electrons. The van der Waals surface area contributed by atoms with Gasteiger partial charge in [-0.3, -0.25) is 0 Å². The fourth-order valence-corrected chi connectivity index (χ4v) is 2.60. The molecule has 0 fully saturated rings. The summed E-state index contributed by atoms with van der Waals surface area (Å²) in [6, 6.07) is 19.0. The Morgan fingerprint density at radius 1 is 1.00 bits per heavy atom. The Kier molecular flexibility index (Phi) is 2.40. The first-order valence-electron chi connectivity index (χ1n) is 6.04. The van der Waals surface area contributed by atoms with Gasteiger partial charge in [-0.1, -0.05) is 55.5 Å². The summed E-state index contributed by atoms with van der Waals surface area (Å²) in [6.45, 7) is 3.06. The van der Waals surface area contributed by atoms with Gasteiger partial charge in [-0.2, -0.15) is 0 Å². The molecule has 1 aliphatic rings. The van der Waals surface area contributed by atoms with Crippen LogP contribution >= 0.6 is 0 Å². The van der Waals surface area contributed by atoms with Gasteiger partial charge in [0.05, 0.1) is 6.61 Å². The van der Waals surface area contributed by atoms with Crippen molar-refractivity contribution in [3.8, 4) is 5.75 Å². The van der Waals surface area contributed by atoms with Gasteiger partial charge in [-0.15, -0.1) is 0 Å². The first kappa shape index (κ1) is 10.4. The van der Waals surface area contributed by atoms with Crippen molar-refractivity contribution in [2.45, 2.75) is 18.8 Å². The highest BCUT2D eigenvalue weighted by Crippen LogP contribution is 2.40. The molecule has 2 aromatic rings. The molecule has 0 aromatic heterocycles. The molecule has 0 spiro atoms. The summed E-state index contributed by atoms with van der Waals surface area (Å²) in [7, 11) is 0. The Bertz CT molecular complexity index is 518. The zero-order valence-corrected chi connectivity index (χ0v) is 10.0. The third-order valence-electron chi connectivity index (χ3n) is 3.52. The maximum Gasteiger partial charge on any atom is 0.123 e. The van der Waals surface area contributed by atoms with Crippen molar-refractivity contribution < 1.29 is 4.74 Å². The Morgan fingerprint density at radius 2 is 1.71 bits per heavy atom. The number of benzene rings is 2. The highest BCUT2D eigenvalue weighted by atomic mass is 16.5. The number of ether oxygens (including phenoxy) is 1. The van der Waals surface area contributed by atoms with Crippen LogP contribution in [0, 0.1) is 0 Å². The molecule has 0 aliphatic carbocycles. The summed E-state index contributed by atoms with van der Waals surface area (Å²) < 4.78 is 5.79. The second-order valence-corrected chi connectivity index (χ2v) is 5.01. The quantitative estimate of drug-likeness (QED) is 0.757. The highest BCUT2D eigenvalue weighted by molar-refractivity contribution is 5.44. The summed E-state index contributed by atoms with van der Waals surface area (Å²) in [4.78, 5) is 0. The van der Waals surface area contributed by atoms with Crippen LogP contribution in [0.15, 0.2) is 54.6 Å². The summed E-state index contributed by atoms with van der Waals surface area (Å²) in [6.07, 6.45) is 1.03. The summed E-state index contributed by atoms with van der Waals surface area (Å²) in [5.74, 6) is 1.05. The average Bonchev–Trinajstić information content (AvgIpc) is 2.69. The molecule has 0 amide bonds. The zero-order valence-electron chi connectivity index (χ0n) is 10.0. The molecule has 1 nitrogen and oxygen atoms in total. The standard InChI is InChI=1S/C16H16O/c1-16(11-13-7-3-2-4-8-13)12-17-15-10-6-5-9-14(15)16/h2-10H,11-12H2,1H3. The molecule has 3 rings (SSSR count). The van der Waals surface area contributed by atoms with Gasteiger partial charge in [0.25, 0.3) is 0 Å². The van der Waals surface area contributed by atoms with E-state index in [1.165, 1.54) is 11.1 Å². The van der Waals surface area contributed by atoms with Gasteiger partial charge in [0.1, 0.15) is 5.75 Å². The van der Waals surface area contributed by atoms with E-state index in [9.17, 15) is 0 Å². The third-order valence-corrected chi connectivity index (χ3v) is 3.52. The van der Waals surface area contributed by atoms with Crippen molar-refractivity contribution in [3.63, 3.8) is 0 Å². The predicted molar refractivity (Wildman–Crippen MR) is 69.4 cm³/mol. The number of para-hydroxylation sites is 1. The fourth-order valence-electron chi connectivity index (χ4n) is 2.60. The van der Waals surface area contributed by atoms with E-state index in [0.29, 0.717) is 0 Å². The van der Waals surface area contributed by atoms with E-state index in [4.69, 9.17) is 4.74 Å². The first-order chi connectivity index (χ1) is 8.28. The van der Waals surface area contributed by atoms with Crippen LogP contribution in [0.3, 0.4) is 0 Å². The molecule has 0 N–H and O–H groups in total. The van der Waals surface area contributed by atoms with Gasteiger partial charge in [0.2, 0.25) is 0 Å². The molecular weight excluding hydrogens is 208 g/mol. The van der Waals surface area contributed by atoms with Crippen LogP contribution in [-0.4, -0.2) is 6.61 Å². The van der Waals surface area contributed by atoms with Crippen LogP contribution in [0.1, 0.15) is 18.1 Å². The van der Waals surface area contributed by atoms with Crippen molar-refractivity contribution in [2.75, 3.05) is 6.61 Å². The highest BCUT2D eigenvalue weighted by Gasteiger charge is 2.35. The van der Waals surface area contributed by atoms with Crippen molar-refractivity contribution in [1.29, 1.82) is 0 Å². The van der Waals surface area contributed by atoms with Gasteiger partial charge in [-0.05, 0) is 18.1 Å². The Morgan fingerprint density at radius 3 is 2.53 bits per heavy atom. The largest absolute Gasteiger partial charge is 0.492 e.